The number of carbonyl (C=O) groups excluding carboxylic acids is 3. The number of nitrogens with one attached hydrogen (secondary N) is 1. The molecular weight excluding hydrogens is 386 g/mol. The van der Waals surface area contributed by atoms with Crippen LogP contribution in [0.3, 0.4) is 0 Å². The van der Waals surface area contributed by atoms with Crippen molar-refractivity contribution in [2.75, 3.05) is 23.7 Å². The average Bonchev–Trinajstić information content (AvgIpc) is 2.91. The van der Waals surface area contributed by atoms with Crippen LogP contribution in [0.25, 0.3) is 0 Å². The number of amides is 4. The molecule has 4 amide bonds. The largest absolute Gasteiger partial charge is 0.354 e. The van der Waals surface area contributed by atoms with Gasteiger partial charge in [0.05, 0.1) is 0 Å². The van der Waals surface area contributed by atoms with Crippen molar-refractivity contribution in [2.45, 2.75) is 31.7 Å². The number of carbonyl (C=O) groups is 3. The van der Waals surface area contributed by atoms with E-state index in [9.17, 15) is 14.4 Å². The van der Waals surface area contributed by atoms with Crippen LogP contribution in [-0.4, -0.2) is 47.6 Å². The zero-order valence-corrected chi connectivity index (χ0v) is 17.7. The van der Waals surface area contributed by atoms with Crippen molar-refractivity contribution >= 4 is 35.3 Å². The molecular formula is C22H25N3O3S. The maximum absolute atomic E-state index is 12.7. The Morgan fingerprint density at radius 2 is 1.59 bits per heavy atom. The Hall–Kier alpha value is -2.80. The van der Waals surface area contributed by atoms with E-state index in [1.807, 2.05) is 62.4 Å². The molecule has 0 radical (unpaired) electrons. The highest BCUT2D eigenvalue weighted by Crippen LogP contribution is 2.26. The van der Waals surface area contributed by atoms with Crippen molar-refractivity contribution in [3.05, 3.63) is 59.7 Å². The van der Waals surface area contributed by atoms with Gasteiger partial charge in [-0.3, -0.25) is 19.4 Å². The third-order valence-electron chi connectivity index (χ3n) is 4.78. The lowest BCUT2D eigenvalue weighted by atomic mass is 10.2. The minimum Gasteiger partial charge on any atom is -0.354 e. The van der Waals surface area contributed by atoms with Crippen LogP contribution in [-0.2, 0) is 9.59 Å². The first-order chi connectivity index (χ1) is 13.9. The summed E-state index contributed by atoms with van der Waals surface area (Å²) >= 11 is 1.64. The number of urea groups is 1. The third kappa shape index (κ3) is 4.98. The summed E-state index contributed by atoms with van der Waals surface area (Å²) in [6.07, 6.45) is 0. The summed E-state index contributed by atoms with van der Waals surface area (Å²) in [5.74, 6) is 0.0108. The summed E-state index contributed by atoms with van der Waals surface area (Å²) in [6, 6.07) is 14.5. The van der Waals surface area contributed by atoms with Crippen LogP contribution in [0.4, 0.5) is 10.5 Å². The highest BCUT2D eigenvalue weighted by molar-refractivity contribution is 7.99. The zero-order chi connectivity index (χ0) is 21.0. The maximum atomic E-state index is 12.7. The lowest BCUT2D eigenvalue weighted by molar-refractivity contribution is -0.131. The molecule has 2 aromatic rings. The average molecular weight is 412 g/mol. The van der Waals surface area contributed by atoms with Crippen molar-refractivity contribution < 1.29 is 14.4 Å². The van der Waals surface area contributed by atoms with Gasteiger partial charge in [-0.1, -0.05) is 35.4 Å². The van der Waals surface area contributed by atoms with E-state index >= 15 is 0 Å². The fourth-order valence-electron chi connectivity index (χ4n) is 3.10. The molecule has 29 heavy (non-hydrogen) atoms. The van der Waals surface area contributed by atoms with Gasteiger partial charge in [-0.25, -0.2) is 4.79 Å². The molecule has 1 aliphatic rings. The number of anilines is 1. The van der Waals surface area contributed by atoms with Gasteiger partial charge in [0, 0.05) is 22.9 Å². The van der Waals surface area contributed by atoms with E-state index in [1.54, 1.807) is 18.7 Å². The Morgan fingerprint density at radius 1 is 1.00 bits per heavy atom. The molecule has 0 saturated carbocycles. The summed E-state index contributed by atoms with van der Waals surface area (Å²) in [5, 5.41) is 2.78. The number of thioether (sulfide) groups is 1. The first kappa shape index (κ1) is 20.9. The molecule has 6 nitrogen and oxygen atoms in total. The molecule has 0 aliphatic carbocycles. The zero-order valence-electron chi connectivity index (χ0n) is 16.8. The molecule has 0 aromatic heterocycles. The van der Waals surface area contributed by atoms with Crippen LogP contribution in [0.15, 0.2) is 53.4 Å². The number of imide groups is 1. The van der Waals surface area contributed by atoms with Crippen LogP contribution in [0.2, 0.25) is 0 Å². The Morgan fingerprint density at radius 3 is 2.21 bits per heavy atom. The summed E-state index contributed by atoms with van der Waals surface area (Å²) in [4.78, 5) is 41.1. The number of rotatable bonds is 7. The predicted molar refractivity (Wildman–Crippen MR) is 115 cm³/mol. The van der Waals surface area contributed by atoms with Crippen molar-refractivity contribution in [1.82, 2.24) is 10.2 Å². The van der Waals surface area contributed by atoms with Gasteiger partial charge in [-0.05, 0) is 45.0 Å². The highest BCUT2D eigenvalue weighted by atomic mass is 32.2. The van der Waals surface area contributed by atoms with Gasteiger partial charge in [0.1, 0.15) is 12.6 Å². The second-order valence-electron chi connectivity index (χ2n) is 7.10. The molecule has 1 atom stereocenters. The smallest absolute Gasteiger partial charge is 0.332 e. The molecule has 0 bridgehead atoms. The van der Waals surface area contributed by atoms with Crippen LogP contribution >= 0.6 is 11.8 Å². The highest BCUT2D eigenvalue weighted by Gasteiger charge is 2.43. The van der Waals surface area contributed by atoms with Gasteiger partial charge in [0.2, 0.25) is 5.91 Å². The van der Waals surface area contributed by atoms with Gasteiger partial charge in [-0.15, -0.1) is 11.8 Å². The lowest BCUT2D eigenvalue weighted by Crippen LogP contribution is -2.42. The van der Waals surface area contributed by atoms with Crippen LogP contribution in [0.5, 0.6) is 0 Å². The van der Waals surface area contributed by atoms with E-state index in [1.165, 1.54) is 10.5 Å². The van der Waals surface area contributed by atoms with E-state index < -0.39 is 12.1 Å². The Bertz CT molecular complexity index is 897. The number of aryl methyl sites for hydroxylation is 2. The third-order valence-corrected chi connectivity index (χ3v) is 5.79. The van der Waals surface area contributed by atoms with Crippen LogP contribution in [0, 0.1) is 13.8 Å². The Kier molecular flexibility index (Phi) is 6.59. The predicted octanol–water partition coefficient (Wildman–Crippen LogP) is 3.37. The quantitative estimate of drug-likeness (QED) is 0.431. The molecule has 3 rings (SSSR count). The summed E-state index contributed by atoms with van der Waals surface area (Å²) in [5.41, 5.74) is 2.93. The molecule has 2 aromatic carbocycles. The second-order valence-corrected chi connectivity index (χ2v) is 8.27. The Labute approximate surface area is 175 Å². The van der Waals surface area contributed by atoms with Crippen molar-refractivity contribution in [1.29, 1.82) is 0 Å². The SMILES string of the molecule is Cc1ccc(SCCNC(=O)CN2C(=O)C(C)N(c3ccc(C)cc3)C2=O)cc1. The van der Waals surface area contributed by atoms with Gasteiger partial charge in [-0.2, -0.15) is 0 Å². The minimum atomic E-state index is -0.630. The monoisotopic (exact) mass is 411 g/mol. The van der Waals surface area contributed by atoms with E-state index in [0.717, 1.165) is 15.4 Å². The molecule has 1 heterocycles. The summed E-state index contributed by atoms with van der Waals surface area (Å²) in [6.45, 7) is 5.87. The summed E-state index contributed by atoms with van der Waals surface area (Å²) in [7, 11) is 0. The maximum Gasteiger partial charge on any atom is 0.332 e. The number of hydrogen-bond donors (Lipinski definition) is 1. The van der Waals surface area contributed by atoms with Gasteiger partial charge in [0.25, 0.3) is 5.91 Å². The lowest BCUT2D eigenvalue weighted by Gasteiger charge is -2.19. The van der Waals surface area contributed by atoms with Crippen LogP contribution < -0.4 is 10.2 Å². The normalized spacial score (nSPS) is 16.4. The van der Waals surface area contributed by atoms with Crippen molar-refractivity contribution in [3.63, 3.8) is 0 Å². The van der Waals surface area contributed by atoms with E-state index in [0.29, 0.717) is 18.0 Å². The van der Waals surface area contributed by atoms with E-state index in [-0.39, 0.29) is 18.4 Å². The molecule has 1 saturated heterocycles. The van der Waals surface area contributed by atoms with Crippen molar-refractivity contribution in [3.8, 4) is 0 Å². The first-order valence-corrected chi connectivity index (χ1v) is 10.5. The molecule has 152 valence electrons. The fraction of sp³-hybridized carbons (Fsp3) is 0.318. The standard InChI is InChI=1S/C22H25N3O3S/c1-15-4-8-18(9-5-15)25-17(3)21(27)24(22(25)28)14-20(26)23-12-13-29-19-10-6-16(2)7-11-19/h4-11,17H,12-14H2,1-3H3,(H,23,26). The second kappa shape index (κ2) is 9.13. The number of benzene rings is 2. The first-order valence-electron chi connectivity index (χ1n) is 9.54. The molecule has 1 unspecified atom stereocenters. The topological polar surface area (TPSA) is 69.7 Å². The van der Waals surface area contributed by atoms with Gasteiger partial charge in [0.15, 0.2) is 0 Å². The van der Waals surface area contributed by atoms with Crippen LogP contribution in [0.1, 0.15) is 18.1 Å². The van der Waals surface area contributed by atoms with E-state index in [2.05, 4.69) is 5.32 Å². The summed E-state index contributed by atoms with van der Waals surface area (Å²) < 4.78 is 0. The van der Waals surface area contributed by atoms with E-state index in [4.69, 9.17) is 0 Å². The molecule has 7 heteroatoms. The molecule has 1 fully saturated rings. The number of nitrogens with zero attached hydrogens (tertiary/aromatic N) is 2. The Balaban J connectivity index is 1.51. The van der Waals surface area contributed by atoms with Gasteiger partial charge >= 0.3 is 6.03 Å². The van der Waals surface area contributed by atoms with Crippen molar-refractivity contribution in [2.24, 2.45) is 0 Å². The minimum absolute atomic E-state index is 0.264. The molecule has 1 aliphatic heterocycles. The van der Waals surface area contributed by atoms with Gasteiger partial charge < -0.3 is 5.32 Å². The number of hydrogen-bond acceptors (Lipinski definition) is 4. The molecule has 0 spiro atoms. The fourth-order valence-corrected chi connectivity index (χ4v) is 3.87. The molecule has 1 N–H and O–H groups in total.